The molecule has 0 atom stereocenters. The van der Waals surface area contributed by atoms with E-state index in [0.29, 0.717) is 12.4 Å². The fraction of sp³-hybridized carbons (Fsp3) is 0.333. The predicted molar refractivity (Wildman–Crippen MR) is 52.1 cm³/mol. The van der Waals surface area contributed by atoms with Gasteiger partial charge in [0.15, 0.2) is 0 Å². The van der Waals surface area contributed by atoms with Crippen LogP contribution in [-0.4, -0.2) is 25.2 Å². The number of nitrogens with one attached hydrogen (secondary N) is 2. The lowest BCUT2D eigenvalue weighted by Crippen LogP contribution is -2.32. The summed E-state index contributed by atoms with van der Waals surface area (Å²) in [5.41, 5.74) is 0.945. The van der Waals surface area contributed by atoms with E-state index in [0.717, 1.165) is 5.56 Å². The lowest BCUT2D eigenvalue weighted by atomic mass is 10.2. The molecule has 5 nitrogen and oxygen atoms in total. The standard InChI is InChI=1S/C9H13N3O2/c1-10-9(13)12-6-7-3-4-11-8(5-7)14-2/h3-5H,6H2,1-2H3,(H2,10,12,13). The molecule has 0 spiro atoms. The van der Waals surface area contributed by atoms with Crippen molar-refractivity contribution in [1.29, 1.82) is 0 Å². The predicted octanol–water partition coefficient (Wildman–Crippen LogP) is 0.519. The molecule has 2 N–H and O–H groups in total. The number of amides is 2. The van der Waals surface area contributed by atoms with Crippen LogP contribution in [0.15, 0.2) is 18.3 Å². The Morgan fingerprint density at radius 3 is 3.07 bits per heavy atom. The summed E-state index contributed by atoms with van der Waals surface area (Å²) >= 11 is 0. The van der Waals surface area contributed by atoms with Crippen molar-refractivity contribution in [1.82, 2.24) is 15.6 Å². The highest BCUT2D eigenvalue weighted by atomic mass is 16.5. The van der Waals surface area contributed by atoms with Gasteiger partial charge in [0.1, 0.15) is 0 Å². The smallest absolute Gasteiger partial charge is 0.314 e. The first-order chi connectivity index (χ1) is 6.76. The second-order valence-electron chi connectivity index (χ2n) is 2.64. The minimum absolute atomic E-state index is 0.208. The fourth-order valence-electron chi connectivity index (χ4n) is 0.943. The van der Waals surface area contributed by atoms with Crippen LogP contribution in [0.25, 0.3) is 0 Å². The summed E-state index contributed by atoms with van der Waals surface area (Å²) in [7, 11) is 3.13. The van der Waals surface area contributed by atoms with E-state index in [4.69, 9.17) is 4.74 Å². The van der Waals surface area contributed by atoms with E-state index in [1.54, 1.807) is 26.4 Å². The van der Waals surface area contributed by atoms with Crippen molar-refractivity contribution in [3.63, 3.8) is 0 Å². The van der Waals surface area contributed by atoms with Crippen molar-refractivity contribution in [2.24, 2.45) is 0 Å². The maximum Gasteiger partial charge on any atom is 0.314 e. The zero-order valence-electron chi connectivity index (χ0n) is 8.20. The molecule has 1 aromatic rings. The summed E-state index contributed by atoms with van der Waals surface area (Å²) in [5, 5.41) is 5.13. The minimum atomic E-state index is -0.208. The van der Waals surface area contributed by atoms with E-state index in [1.165, 1.54) is 0 Å². The second-order valence-corrected chi connectivity index (χ2v) is 2.64. The van der Waals surface area contributed by atoms with Gasteiger partial charge in [0, 0.05) is 25.9 Å². The number of urea groups is 1. The lowest BCUT2D eigenvalue weighted by molar-refractivity contribution is 0.242. The number of hydrogen-bond donors (Lipinski definition) is 2. The number of aromatic nitrogens is 1. The molecule has 2 amide bonds. The quantitative estimate of drug-likeness (QED) is 0.739. The van der Waals surface area contributed by atoms with Gasteiger partial charge in [-0.3, -0.25) is 0 Å². The molecule has 1 heterocycles. The van der Waals surface area contributed by atoms with E-state index in [9.17, 15) is 4.79 Å². The van der Waals surface area contributed by atoms with E-state index in [2.05, 4.69) is 15.6 Å². The van der Waals surface area contributed by atoms with E-state index in [-0.39, 0.29) is 6.03 Å². The molecule has 0 aliphatic rings. The average Bonchev–Trinajstić information content (AvgIpc) is 2.26. The monoisotopic (exact) mass is 195 g/mol. The highest BCUT2D eigenvalue weighted by Gasteiger charge is 1.98. The third-order valence-corrected chi connectivity index (χ3v) is 1.69. The molecule has 76 valence electrons. The van der Waals surface area contributed by atoms with Gasteiger partial charge in [-0.1, -0.05) is 0 Å². The van der Waals surface area contributed by atoms with Crippen LogP contribution < -0.4 is 15.4 Å². The van der Waals surface area contributed by atoms with Gasteiger partial charge in [-0.25, -0.2) is 9.78 Å². The van der Waals surface area contributed by atoms with Crippen LogP contribution in [0.5, 0.6) is 5.88 Å². The summed E-state index contributed by atoms with van der Waals surface area (Å²) in [5.74, 6) is 0.543. The first-order valence-electron chi connectivity index (χ1n) is 4.20. The lowest BCUT2D eigenvalue weighted by Gasteiger charge is -2.05. The number of rotatable bonds is 3. The second kappa shape index (κ2) is 5.06. The van der Waals surface area contributed by atoms with E-state index < -0.39 is 0 Å². The number of pyridine rings is 1. The van der Waals surface area contributed by atoms with Crippen LogP contribution in [0.4, 0.5) is 4.79 Å². The Bertz CT molecular complexity index is 315. The SMILES string of the molecule is CNC(=O)NCc1ccnc(OC)c1. The molecule has 0 saturated heterocycles. The zero-order chi connectivity index (χ0) is 10.4. The van der Waals surface area contributed by atoms with Crippen LogP contribution in [0.3, 0.4) is 0 Å². The zero-order valence-corrected chi connectivity index (χ0v) is 8.20. The van der Waals surface area contributed by atoms with Crippen LogP contribution in [0, 0.1) is 0 Å². The summed E-state index contributed by atoms with van der Waals surface area (Å²) in [4.78, 5) is 14.8. The van der Waals surface area contributed by atoms with Gasteiger partial charge in [-0.2, -0.15) is 0 Å². The summed E-state index contributed by atoms with van der Waals surface area (Å²) < 4.78 is 4.95. The summed E-state index contributed by atoms with van der Waals surface area (Å²) in [6.45, 7) is 0.457. The molecule has 0 fully saturated rings. The number of methoxy groups -OCH3 is 1. The molecule has 1 aromatic heterocycles. The molecule has 0 aliphatic carbocycles. The minimum Gasteiger partial charge on any atom is -0.481 e. The van der Waals surface area contributed by atoms with Crippen molar-refractivity contribution < 1.29 is 9.53 Å². The van der Waals surface area contributed by atoms with Gasteiger partial charge in [0.05, 0.1) is 7.11 Å². The van der Waals surface area contributed by atoms with Gasteiger partial charge in [-0.15, -0.1) is 0 Å². The highest BCUT2D eigenvalue weighted by Crippen LogP contribution is 2.07. The maximum atomic E-state index is 10.9. The third kappa shape index (κ3) is 2.93. The van der Waals surface area contributed by atoms with Crippen molar-refractivity contribution in [3.05, 3.63) is 23.9 Å². The molecule has 0 aromatic carbocycles. The normalized spacial score (nSPS) is 9.29. The maximum absolute atomic E-state index is 10.9. The van der Waals surface area contributed by atoms with Crippen LogP contribution >= 0.6 is 0 Å². The molecule has 0 bridgehead atoms. The largest absolute Gasteiger partial charge is 0.481 e. The van der Waals surface area contributed by atoms with Crippen LogP contribution in [0.2, 0.25) is 0 Å². The van der Waals surface area contributed by atoms with Crippen molar-refractivity contribution in [3.8, 4) is 5.88 Å². The topological polar surface area (TPSA) is 63.2 Å². The average molecular weight is 195 g/mol. The first kappa shape index (κ1) is 10.3. The van der Waals surface area contributed by atoms with Crippen LogP contribution in [0.1, 0.15) is 5.56 Å². The Morgan fingerprint density at radius 2 is 2.43 bits per heavy atom. The number of carbonyl (C=O) groups excluding carboxylic acids is 1. The van der Waals surface area contributed by atoms with Crippen molar-refractivity contribution >= 4 is 6.03 Å². The molecule has 0 saturated carbocycles. The Balaban J connectivity index is 2.54. The number of carbonyl (C=O) groups is 1. The summed E-state index contributed by atoms with van der Waals surface area (Å²) in [6, 6.07) is 3.38. The van der Waals surface area contributed by atoms with E-state index >= 15 is 0 Å². The fourth-order valence-corrected chi connectivity index (χ4v) is 0.943. The molecule has 0 aliphatic heterocycles. The molecule has 1 rings (SSSR count). The van der Waals surface area contributed by atoms with Crippen LogP contribution in [-0.2, 0) is 6.54 Å². The number of hydrogen-bond acceptors (Lipinski definition) is 3. The van der Waals surface area contributed by atoms with Gasteiger partial charge in [-0.05, 0) is 11.6 Å². The number of ether oxygens (including phenoxy) is 1. The Kier molecular flexibility index (Phi) is 3.72. The summed E-state index contributed by atoms with van der Waals surface area (Å²) in [6.07, 6.45) is 1.64. The molecular weight excluding hydrogens is 182 g/mol. The Labute approximate surface area is 82.5 Å². The Morgan fingerprint density at radius 1 is 1.64 bits per heavy atom. The molecule has 0 unspecified atom stereocenters. The Hall–Kier alpha value is -1.78. The molecular formula is C9H13N3O2. The molecule has 14 heavy (non-hydrogen) atoms. The van der Waals surface area contributed by atoms with Crippen molar-refractivity contribution in [2.75, 3.05) is 14.2 Å². The highest BCUT2D eigenvalue weighted by molar-refractivity contribution is 5.73. The van der Waals surface area contributed by atoms with Gasteiger partial charge >= 0.3 is 6.03 Å². The van der Waals surface area contributed by atoms with E-state index in [1.807, 2.05) is 6.07 Å². The van der Waals surface area contributed by atoms with Gasteiger partial charge in [0.2, 0.25) is 5.88 Å². The number of nitrogens with zero attached hydrogens (tertiary/aromatic N) is 1. The van der Waals surface area contributed by atoms with Gasteiger partial charge < -0.3 is 15.4 Å². The molecule has 5 heteroatoms. The third-order valence-electron chi connectivity index (χ3n) is 1.69. The van der Waals surface area contributed by atoms with Gasteiger partial charge in [0.25, 0.3) is 0 Å². The first-order valence-corrected chi connectivity index (χ1v) is 4.20. The molecule has 0 radical (unpaired) electrons. The van der Waals surface area contributed by atoms with Crippen molar-refractivity contribution in [2.45, 2.75) is 6.54 Å².